The molecule has 0 bridgehead atoms. The van der Waals surface area contributed by atoms with Gasteiger partial charge in [-0.2, -0.15) is 0 Å². The molecular formula is C8H16O5. The summed E-state index contributed by atoms with van der Waals surface area (Å²) in [4.78, 5) is 10.5. The molecular weight excluding hydrogens is 176 g/mol. The lowest BCUT2D eigenvalue weighted by Gasteiger charge is -2.33. The number of hydrogen-bond donors (Lipinski definition) is 4. The van der Waals surface area contributed by atoms with Crippen LogP contribution in [0.3, 0.4) is 0 Å². The predicted molar refractivity (Wildman–Crippen MR) is 45.0 cm³/mol. The summed E-state index contributed by atoms with van der Waals surface area (Å²) in [6.07, 6.45) is -3.01. The maximum Gasteiger partial charge on any atom is 0.154 e. The first-order valence-electron chi connectivity index (χ1n) is 4.05. The van der Waals surface area contributed by atoms with Gasteiger partial charge in [-0.15, -0.1) is 0 Å². The van der Waals surface area contributed by atoms with E-state index in [0.29, 0.717) is 0 Å². The molecule has 0 heterocycles. The van der Waals surface area contributed by atoms with Crippen LogP contribution >= 0.6 is 0 Å². The molecule has 0 saturated carbocycles. The summed E-state index contributed by atoms with van der Waals surface area (Å²) in [5, 5.41) is 36.4. The van der Waals surface area contributed by atoms with Crippen LogP contribution in [-0.2, 0) is 4.79 Å². The molecule has 0 spiro atoms. The van der Waals surface area contributed by atoms with E-state index in [4.69, 9.17) is 10.2 Å². The van der Waals surface area contributed by atoms with Crippen LogP contribution in [0.15, 0.2) is 0 Å². The molecule has 5 heteroatoms. The maximum absolute atomic E-state index is 10.5. The van der Waals surface area contributed by atoms with Crippen LogP contribution in [0.2, 0.25) is 0 Å². The quantitative estimate of drug-likeness (QED) is 0.389. The molecule has 5 nitrogen and oxygen atoms in total. The summed E-state index contributed by atoms with van der Waals surface area (Å²) >= 11 is 0. The lowest BCUT2D eigenvalue weighted by Crippen LogP contribution is -2.54. The molecule has 0 radical (unpaired) electrons. The molecule has 0 aliphatic rings. The Morgan fingerprint density at radius 3 is 2.08 bits per heavy atom. The molecule has 78 valence electrons. The van der Waals surface area contributed by atoms with E-state index < -0.39 is 30.3 Å². The van der Waals surface area contributed by atoms with Crippen LogP contribution in [0.1, 0.15) is 13.8 Å². The molecule has 3 atom stereocenters. The molecule has 0 unspecified atom stereocenters. The van der Waals surface area contributed by atoms with E-state index in [-0.39, 0.29) is 6.29 Å². The van der Waals surface area contributed by atoms with E-state index in [2.05, 4.69) is 0 Å². The average molecular weight is 192 g/mol. The Kier molecular flexibility index (Phi) is 4.49. The Morgan fingerprint density at radius 1 is 1.38 bits per heavy atom. The van der Waals surface area contributed by atoms with Gasteiger partial charge in [0.05, 0.1) is 6.61 Å². The van der Waals surface area contributed by atoms with E-state index in [1.165, 1.54) is 13.8 Å². The van der Waals surface area contributed by atoms with Crippen LogP contribution in [0.4, 0.5) is 0 Å². The predicted octanol–water partition coefficient (Wildman–Crippen LogP) is -1.71. The topological polar surface area (TPSA) is 98.0 Å². The molecule has 4 N–H and O–H groups in total. The zero-order valence-corrected chi connectivity index (χ0v) is 7.71. The Labute approximate surface area is 76.6 Å². The van der Waals surface area contributed by atoms with Gasteiger partial charge >= 0.3 is 0 Å². The van der Waals surface area contributed by atoms with Crippen molar-refractivity contribution in [1.29, 1.82) is 0 Å². The minimum absolute atomic E-state index is 0.182. The highest BCUT2D eigenvalue weighted by atomic mass is 16.4. The van der Waals surface area contributed by atoms with Crippen molar-refractivity contribution in [2.45, 2.75) is 31.7 Å². The summed E-state index contributed by atoms with van der Waals surface area (Å²) in [5.74, 6) is -0.541. The second kappa shape index (κ2) is 4.66. The molecule has 0 aromatic carbocycles. The summed E-state index contributed by atoms with van der Waals surface area (Å²) in [6, 6.07) is 0. The number of aliphatic hydroxyl groups is 4. The first-order chi connectivity index (χ1) is 5.90. The summed E-state index contributed by atoms with van der Waals surface area (Å²) < 4.78 is 0. The van der Waals surface area contributed by atoms with Crippen molar-refractivity contribution >= 4 is 6.29 Å². The van der Waals surface area contributed by atoms with Gasteiger partial charge in [0.2, 0.25) is 0 Å². The molecule has 0 aliphatic carbocycles. The lowest BCUT2D eigenvalue weighted by atomic mass is 9.84. The lowest BCUT2D eigenvalue weighted by molar-refractivity contribution is -0.164. The number of aldehydes is 1. The molecule has 13 heavy (non-hydrogen) atoms. The van der Waals surface area contributed by atoms with Crippen molar-refractivity contribution < 1.29 is 25.2 Å². The van der Waals surface area contributed by atoms with Gasteiger partial charge in [-0.1, -0.05) is 13.8 Å². The van der Waals surface area contributed by atoms with E-state index in [1.54, 1.807) is 0 Å². The van der Waals surface area contributed by atoms with E-state index in [0.717, 1.165) is 0 Å². The van der Waals surface area contributed by atoms with Gasteiger partial charge in [0.25, 0.3) is 0 Å². The fourth-order valence-electron chi connectivity index (χ4n) is 0.955. The van der Waals surface area contributed by atoms with E-state index in [1.807, 2.05) is 0 Å². The Hall–Kier alpha value is -0.490. The van der Waals surface area contributed by atoms with Gasteiger partial charge in [-0.05, 0) is 5.92 Å². The fourth-order valence-corrected chi connectivity index (χ4v) is 0.955. The largest absolute Gasteiger partial charge is 0.394 e. The van der Waals surface area contributed by atoms with Gasteiger partial charge < -0.3 is 25.2 Å². The minimum atomic E-state index is -2.01. The maximum atomic E-state index is 10.5. The molecule has 0 amide bonds. The van der Waals surface area contributed by atoms with Gasteiger partial charge in [0, 0.05) is 0 Å². The normalized spacial score (nSPS) is 20.8. The number of carbonyl (C=O) groups excluding carboxylic acids is 1. The second-order valence-electron chi connectivity index (χ2n) is 3.35. The smallest absolute Gasteiger partial charge is 0.154 e. The van der Waals surface area contributed by atoms with Crippen molar-refractivity contribution in [3.8, 4) is 0 Å². The van der Waals surface area contributed by atoms with Crippen molar-refractivity contribution in [2.24, 2.45) is 5.92 Å². The van der Waals surface area contributed by atoms with Crippen LogP contribution in [-0.4, -0.2) is 51.1 Å². The zero-order valence-electron chi connectivity index (χ0n) is 7.71. The van der Waals surface area contributed by atoms with Crippen molar-refractivity contribution in [3.05, 3.63) is 0 Å². The van der Waals surface area contributed by atoms with Gasteiger partial charge in [0.1, 0.15) is 12.2 Å². The average Bonchev–Trinajstić information content (AvgIpc) is 2.13. The molecule has 0 rings (SSSR count). The van der Waals surface area contributed by atoms with Crippen molar-refractivity contribution in [2.75, 3.05) is 6.61 Å². The second-order valence-corrected chi connectivity index (χ2v) is 3.35. The first-order valence-corrected chi connectivity index (χ1v) is 4.05. The SMILES string of the molecule is CC(C)[C@](O)(C=O)[C@H](O)[C@H](O)CO. The zero-order chi connectivity index (χ0) is 10.6. The Bertz CT molecular complexity index is 170. The molecule has 0 saturated heterocycles. The number of aliphatic hydroxyl groups excluding tert-OH is 3. The van der Waals surface area contributed by atoms with Gasteiger partial charge in [-0.3, -0.25) is 0 Å². The monoisotopic (exact) mass is 192 g/mol. The Morgan fingerprint density at radius 2 is 1.85 bits per heavy atom. The van der Waals surface area contributed by atoms with E-state index in [9.17, 15) is 15.0 Å². The van der Waals surface area contributed by atoms with Gasteiger partial charge in [0.15, 0.2) is 11.9 Å². The highest BCUT2D eigenvalue weighted by molar-refractivity contribution is 5.64. The Balaban J connectivity index is 4.65. The van der Waals surface area contributed by atoms with Crippen LogP contribution in [0.5, 0.6) is 0 Å². The van der Waals surface area contributed by atoms with Crippen LogP contribution in [0.25, 0.3) is 0 Å². The van der Waals surface area contributed by atoms with Crippen molar-refractivity contribution in [1.82, 2.24) is 0 Å². The van der Waals surface area contributed by atoms with Crippen molar-refractivity contribution in [3.63, 3.8) is 0 Å². The summed E-state index contributed by atoms with van der Waals surface area (Å²) in [6.45, 7) is 2.35. The number of hydrogen-bond acceptors (Lipinski definition) is 5. The minimum Gasteiger partial charge on any atom is -0.394 e. The molecule has 0 aliphatic heterocycles. The molecule has 0 aromatic rings. The van der Waals surface area contributed by atoms with Gasteiger partial charge in [-0.25, -0.2) is 0 Å². The third-order valence-corrected chi connectivity index (χ3v) is 2.14. The first kappa shape index (κ1) is 12.5. The number of carbonyl (C=O) groups is 1. The van der Waals surface area contributed by atoms with Crippen LogP contribution in [0, 0.1) is 5.92 Å². The fraction of sp³-hybridized carbons (Fsp3) is 0.875. The highest BCUT2D eigenvalue weighted by Gasteiger charge is 2.42. The molecule has 0 fully saturated rings. The number of rotatable bonds is 5. The van der Waals surface area contributed by atoms with Crippen LogP contribution < -0.4 is 0 Å². The third kappa shape index (κ3) is 2.47. The standard InChI is InChI=1S/C8H16O5/c1-5(2)8(13,4-10)7(12)6(11)3-9/h4-7,9,11-13H,3H2,1-2H3/t6-,7-,8-/m1/s1. The molecule has 0 aromatic heterocycles. The summed E-state index contributed by atoms with van der Waals surface area (Å²) in [5.41, 5.74) is -2.01. The van der Waals surface area contributed by atoms with E-state index >= 15 is 0 Å². The highest BCUT2D eigenvalue weighted by Crippen LogP contribution is 2.21. The summed E-state index contributed by atoms with van der Waals surface area (Å²) in [7, 11) is 0. The third-order valence-electron chi connectivity index (χ3n) is 2.14.